The quantitative estimate of drug-likeness (QED) is 0.899. The third kappa shape index (κ3) is 6.54. The molecule has 7 heteroatoms. The number of ether oxygens (including phenoxy) is 2. The van der Waals surface area contributed by atoms with Gasteiger partial charge in [0.15, 0.2) is 6.61 Å². The maximum absolute atomic E-state index is 11.9. The summed E-state index contributed by atoms with van der Waals surface area (Å²) in [5, 5.41) is 2.62. The van der Waals surface area contributed by atoms with Gasteiger partial charge >= 0.3 is 6.36 Å². The molecule has 0 aliphatic carbocycles. The van der Waals surface area contributed by atoms with Gasteiger partial charge in [0.25, 0.3) is 5.91 Å². The van der Waals surface area contributed by atoms with E-state index in [0.717, 1.165) is 12.1 Å². The standard InChI is InChI=1S/C12H14F3NO3/c1-8(2)16-11(17)7-18-9-3-5-10(6-4-9)19-12(13,14)15/h3-6,8H,7H2,1-2H3,(H,16,17). The van der Waals surface area contributed by atoms with Gasteiger partial charge < -0.3 is 14.8 Å². The smallest absolute Gasteiger partial charge is 0.484 e. The minimum atomic E-state index is -4.72. The Bertz CT molecular complexity index is 415. The molecule has 1 aromatic rings. The van der Waals surface area contributed by atoms with E-state index in [-0.39, 0.29) is 30.1 Å². The second-order valence-electron chi connectivity index (χ2n) is 4.03. The molecule has 0 saturated carbocycles. The maximum atomic E-state index is 11.9. The number of carbonyl (C=O) groups is 1. The molecule has 0 radical (unpaired) electrons. The Hall–Kier alpha value is -1.92. The first-order valence-corrected chi connectivity index (χ1v) is 5.54. The predicted molar refractivity (Wildman–Crippen MR) is 61.9 cm³/mol. The summed E-state index contributed by atoms with van der Waals surface area (Å²) in [4.78, 5) is 11.3. The van der Waals surface area contributed by atoms with Gasteiger partial charge in [-0.25, -0.2) is 0 Å². The Kier molecular flexibility index (Phi) is 5.02. The molecule has 0 spiro atoms. The van der Waals surface area contributed by atoms with Crippen LogP contribution in [-0.2, 0) is 4.79 Å². The number of hydrogen-bond acceptors (Lipinski definition) is 3. The summed E-state index contributed by atoms with van der Waals surface area (Å²) in [5.74, 6) is -0.356. The lowest BCUT2D eigenvalue weighted by Gasteiger charge is -2.11. The normalized spacial score (nSPS) is 11.3. The predicted octanol–water partition coefficient (Wildman–Crippen LogP) is 2.49. The number of alkyl halides is 3. The fourth-order valence-electron chi connectivity index (χ4n) is 1.25. The zero-order valence-corrected chi connectivity index (χ0v) is 10.5. The van der Waals surface area contributed by atoms with Crippen molar-refractivity contribution in [3.63, 3.8) is 0 Å². The number of hydrogen-bond donors (Lipinski definition) is 1. The van der Waals surface area contributed by atoms with E-state index in [2.05, 4.69) is 10.1 Å². The van der Waals surface area contributed by atoms with E-state index in [1.807, 2.05) is 0 Å². The lowest BCUT2D eigenvalue weighted by molar-refractivity contribution is -0.274. The van der Waals surface area contributed by atoms with E-state index in [4.69, 9.17) is 4.74 Å². The molecule has 1 N–H and O–H groups in total. The van der Waals surface area contributed by atoms with Gasteiger partial charge in [0, 0.05) is 6.04 Å². The SMILES string of the molecule is CC(C)NC(=O)COc1ccc(OC(F)(F)F)cc1. The first-order chi connectivity index (χ1) is 8.76. The van der Waals surface area contributed by atoms with Crippen molar-refractivity contribution in [1.29, 1.82) is 0 Å². The van der Waals surface area contributed by atoms with Crippen LogP contribution >= 0.6 is 0 Å². The van der Waals surface area contributed by atoms with Crippen LogP contribution in [0.1, 0.15) is 13.8 Å². The number of halogens is 3. The molecule has 106 valence electrons. The van der Waals surface area contributed by atoms with Crippen molar-refractivity contribution in [2.24, 2.45) is 0 Å². The fraction of sp³-hybridized carbons (Fsp3) is 0.417. The van der Waals surface area contributed by atoms with Crippen molar-refractivity contribution >= 4 is 5.91 Å². The highest BCUT2D eigenvalue weighted by Crippen LogP contribution is 2.24. The second-order valence-corrected chi connectivity index (χ2v) is 4.03. The molecule has 4 nitrogen and oxygen atoms in total. The Labute approximate surface area is 108 Å². The molecule has 0 bridgehead atoms. The minimum Gasteiger partial charge on any atom is -0.484 e. The van der Waals surface area contributed by atoms with Crippen LogP contribution in [0.25, 0.3) is 0 Å². The molecule has 0 saturated heterocycles. The summed E-state index contributed by atoms with van der Waals surface area (Å²) < 4.78 is 44.5. The number of rotatable bonds is 5. The van der Waals surface area contributed by atoms with Crippen molar-refractivity contribution in [3.05, 3.63) is 24.3 Å². The Morgan fingerprint density at radius 2 is 1.74 bits per heavy atom. The molecule has 0 fully saturated rings. The fourth-order valence-corrected chi connectivity index (χ4v) is 1.25. The van der Waals surface area contributed by atoms with Crippen molar-refractivity contribution < 1.29 is 27.4 Å². The van der Waals surface area contributed by atoms with E-state index < -0.39 is 6.36 Å². The van der Waals surface area contributed by atoms with E-state index in [1.165, 1.54) is 12.1 Å². The van der Waals surface area contributed by atoms with Gasteiger partial charge in [0.05, 0.1) is 0 Å². The van der Waals surface area contributed by atoms with E-state index in [1.54, 1.807) is 13.8 Å². The largest absolute Gasteiger partial charge is 0.573 e. The molecule has 1 aromatic carbocycles. The van der Waals surface area contributed by atoms with Gasteiger partial charge in [0.2, 0.25) is 0 Å². The molecule has 0 aliphatic rings. The molecule has 19 heavy (non-hydrogen) atoms. The average Bonchev–Trinajstić information content (AvgIpc) is 2.25. The Morgan fingerprint density at radius 3 is 2.21 bits per heavy atom. The van der Waals surface area contributed by atoms with Gasteiger partial charge in [-0.15, -0.1) is 13.2 Å². The van der Waals surface area contributed by atoms with E-state index in [9.17, 15) is 18.0 Å². The van der Waals surface area contributed by atoms with E-state index in [0.29, 0.717) is 0 Å². The number of amides is 1. The minimum absolute atomic E-state index is 0.00124. The van der Waals surface area contributed by atoms with Gasteiger partial charge in [-0.3, -0.25) is 4.79 Å². The summed E-state index contributed by atoms with van der Waals surface area (Å²) in [6.07, 6.45) is -4.72. The zero-order valence-electron chi connectivity index (χ0n) is 10.5. The zero-order chi connectivity index (χ0) is 14.5. The van der Waals surface area contributed by atoms with Crippen LogP contribution in [0.15, 0.2) is 24.3 Å². The van der Waals surface area contributed by atoms with Gasteiger partial charge in [0.1, 0.15) is 11.5 Å². The third-order valence-electron chi connectivity index (χ3n) is 1.88. The molecule has 0 atom stereocenters. The van der Waals surface area contributed by atoms with E-state index >= 15 is 0 Å². The summed E-state index contributed by atoms with van der Waals surface area (Å²) in [6.45, 7) is 3.42. The molecule has 1 amide bonds. The molecule has 0 heterocycles. The van der Waals surface area contributed by atoms with Crippen molar-refractivity contribution in [2.75, 3.05) is 6.61 Å². The number of benzene rings is 1. The summed E-state index contributed by atoms with van der Waals surface area (Å²) in [6, 6.07) is 4.82. The van der Waals surface area contributed by atoms with Gasteiger partial charge in [-0.1, -0.05) is 0 Å². The summed E-state index contributed by atoms with van der Waals surface area (Å²) in [5.41, 5.74) is 0. The monoisotopic (exact) mass is 277 g/mol. The van der Waals surface area contributed by atoms with Crippen LogP contribution in [0.3, 0.4) is 0 Å². The highest BCUT2D eigenvalue weighted by Gasteiger charge is 2.30. The van der Waals surface area contributed by atoms with Crippen LogP contribution in [0.2, 0.25) is 0 Å². The summed E-state index contributed by atoms with van der Waals surface area (Å²) >= 11 is 0. The van der Waals surface area contributed by atoms with Crippen LogP contribution in [0.4, 0.5) is 13.2 Å². The topological polar surface area (TPSA) is 47.6 Å². The first kappa shape index (κ1) is 15.1. The molecule has 0 unspecified atom stereocenters. The molecular weight excluding hydrogens is 263 g/mol. The second kappa shape index (κ2) is 6.31. The average molecular weight is 277 g/mol. The lowest BCUT2D eigenvalue weighted by Crippen LogP contribution is -2.34. The molecule has 0 aliphatic heterocycles. The van der Waals surface area contributed by atoms with Gasteiger partial charge in [-0.2, -0.15) is 0 Å². The van der Waals surface area contributed by atoms with Crippen LogP contribution < -0.4 is 14.8 Å². The Morgan fingerprint density at radius 1 is 1.21 bits per heavy atom. The van der Waals surface area contributed by atoms with Crippen molar-refractivity contribution in [3.8, 4) is 11.5 Å². The van der Waals surface area contributed by atoms with Crippen molar-refractivity contribution in [2.45, 2.75) is 26.3 Å². The molecule has 1 rings (SSSR count). The van der Waals surface area contributed by atoms with Crippen molar-refractivity contribution in [1.82, 2.24) is 5.32 Å². The molecular formula is C12H14F3NO3. The number of nitrogens with one attached hydrogen (secondary N) is 1. The first-order valence-electron chi connectivity index (χ1n) is 5.54. The number of carbonyl (C=O) groups excluding carboxylic acids is 1. The van der Waals surface area contributed by atoms with Gasteiger partial charge in [-0.05, 0) is 38.1 Å². The van der Waals surface area contributed by atoms with Crippen LogP contribution in [0, 0.1) is 0 Å². The molecule has 0 aromatic heterocycles. The lowest BCUT2D eigenvalue weighted by atomic mass is 10.3. The summed E-state index contributed by atoms with van der Waals surface area (Å²) in [7, 11) is 0. The maximum Gasteiger partial charge on any atom is 0.573 e. The van der Waals surface area contributed by atoms with Crippen LogP contribution in [-0.4, -0.2) is 24.9 Å². The van der Waals surface area contributed by atoms with Crippen LogP contribution in [0.5, 0.6) is 11.5 Å². The highest BCUT2D eigenvalue weighted by atomic mass is 19.4. The Balaban J connectivity index is 2.46. The highest BCUT2D eigenvalue weighted by molar-refractivity contribution is 5.77. The third-order valence-corrected chi connectivity index (χ3v) is 1.88.